The standard InChI is InChI=1S/C21H23NO3/c1-21(13-7-11-16-10-5-6-12-18(16)21)20(25)22-14-17(19(23)24)15-8-3-2-4-9-15/h2-6,8-10,12,17H,7,11,13-14H2,1H3,(H,22,25)(H,23,24). The predicted molar refractivity (Wildman–Crippen MR) is 96.6 cm³/mol. The largest absolute Gasteiger partial charge is 0.481 e. The molecular weight excluding hydrogens is 314 g/mol. The number of aliphatic carboxylic acids is 1. The highest BCUT2D eigenvalue weighted by molar-refractivity contribution is 5.89. The van der Waals surface area contributed by atoms with Crippen LogP contribution in [0.25, 0.3) is 0 Å². The maximum Gasteiger partial charge on any atom is 0.312 e. The molecule has 25 heavy (non-hydrogen) atoms. The summed E-state index contributed by atoms with van der Waals surface area (Å²) in [5.41, 5.74) is 2.37. The average Bonchev–Trinajstić information content (AvgIpc) is 2.63. The van der Waals surface area contributed by atoms with E-state index in [4.69, 9.17) is 0 Å². The molecule has 0 aromatic heterocycles. The Morgan fingerprint density at radius 2 is 1.80 bits per heavy atom. The summed E-state index contributed by atoms with van der Waals surface area (Å²) in [5, 5.41) is 12.4. The normalized spacial score (nSPS) is 20.4. The fraction of sp³-hybridized carbons (Fsp3) is 0.333. The molecule has 3 rings (SSSR count). The Hall–Kier alpha value is -2.62. The van der Waals surface area contributed by atoms with Crippen LogP contribution < -0.4 is 5.32 Å². The van der Waals surface area contributed by atoms with Crippen molar-refractivity contribution in [2.45, 2.75) is 37.5 Å². The number of hydrogen-bond donors (Lipinski definition) is 2. The quantitative estimate of drug-likeness (QED) is 0.880. The van der Waals surface area contributed by atoms with Crippen molar-refractivity contribution >= 4 is 11.9 Å². The van der Waals surface area contributed by atoms with Crippen LogP contribution in [0.15, 0.2) is 54.6 Å². The van der Waals surface area contributed by atoms with Gasteiger partial charge in [-0.15, -0.1) is 0 Å². The molecule has 130 valence electrons. The van der Waals surface area contributed by atoms with Gasteiger partial charge in [-0.05, 0) is 42.9 Å². The van der Waals surface area contributed by atoms with Crippen LogP contribution in [-0.4, -0.2) is 23.5 Å². The molecule has 0 saturated carbocycles. The van der Waals surface area contributed by atoms with Crippen LogP contribution in [0.2, 0.25) is 0 Å². The van der Waals surface area contributed by atoms with Crippen LogP contribution in [0.4, 0.5) is 0 Å². The Labute approximate surface area is 147 Å². The molecule has 4 nitrogen and oxygen atoms in total. The van der Waals surface area contributed by atoms with E-state index in [1.54, 1.807) is 12.1 Å². The van der Waals surface area contributed by atoms with E-state index in [9.17, 15) is 14.7 Å². The fourth-order valence-corrected chi connectivity index (χ4v) is 3.70. The number of amides is 1. The Morgan fingerprint density at radius 3 is 2.52 bits per heavy atom. The van der Waals surface area contributed by atoms with Gasteiger partial charge in [0.15, 0.2) is 0 Å². The molecular formula is C21H23NO3. The first-order valence-electron chi connectivity index (χ1n) is 8.67. The van der Waals surface area contributed by atoms with Gasteiger partial charge in [-0.1, -0.05) is 54.6 Å². The zero-order chi connectivity index (χ0) is 17.9. The maximum atomic E-state index is 12.9. The number of nitrogens with one attached hydrogen (secondary N) is 1. The summed E-state index contributed by atoms with van der Waals surface area (Å²) < 4.78 is 0. The van der Waals surface area contributed by atoms with Gasteiger partial charge in [0.05, 0.1) is 11.3 Å². The first kappa shape index (κ1) is 17.2. The van der Waals surface area contributed by atoms with Crippen LogP contribution in [0.3, 0.4) is 0 Å². The van der Waals surface area contributed by atoms with E-state index in [1.165, 1.54) is 5.56 Å². The van der Waals surface area contributed by atoms with Gasteiger partial charge >= 0.3 is 5.97 Å². The van der Waals surface area contributed by atoms with Crippen molar-refractivity contribution in [3.8, 4) is 0 Å². The maximum absolute atomic E-state index is 12.9. The third-order valence-electron chi connectivity index (χ3n) is 5.20. The lowest BCUT2D eigenvalue weighted by atomic mass is 9.70. The Bertz CT molecular complexity index is 772. The number of hydrogen-bond acceptors (Lipinski definition) is 2. The fourth-order valence-electron chi connectivity index (χ4n) is 3.70. The summed E-state index contributed by atoms with van der Waals surface area (Å²) in [6.45, 7) is 2.05. The number of carboxylic acids is 1. The molecule has 2 aromatic rings. The van der Waals surface area contributed by atoms with Crippen molar-refractivity contribution in [2.75, 3.05) is 6.54 Å². The number of benzene rings is 2. The highest BCUT2D eigenvalue weighted by atomic mass is 16.4. The van der Waals surface area contributed by atoms with Crippen LogP contribution in [-0.2, 0) is 21.4 Å². The van der Waals surface area contributed by atoms with Crippen molar-refractivity contribution in [1.29, 1.82) is 0 Å². The molecule has 2 atom stereocenters. The second-order valence-electron chi connectivity index (χ2n) is 6.85. The first-order chi connectivity index (χ1) is 12.0. The van der Waals surface area contributed by atoms with Gasteiger partial charge in [0, 0.05) is 6.54 Å². The van der Waals surface area contributed by atoms with E-state index < -0.39 is 17.3 Å². The van der Waals surface area contributed by atoms with Gasteiger partial charge in [-0.25, -0.2) is 0 Å². The molecule has 2 N–H and O–H groups in total. The predicted octanol–water partition coefficient (Wildman–Crippen LogP) is 3.27. The van der Waals surface area contributed by atoms with Crippen molar-refractivity contribution in [1.82, 2.24) is 5.32 Å². The summed E-state index contributed by atoms with van der Waals surface area (Å²) in [5.74, 6) is -1.77. The van der Waals surface area contributed by atoms with Crippen molar-refractivity contribution in [2.24, 2.45) is 0 Å². The van der Waals surface area contributed by atoms with Gasteiger partial charge in [-0.2, -0.15) is 0 Å². The van der Waals surface area contributed by atoms with Gasteiger partial charge in [0.1, 0.15) is 0 Å². The number of rotatable bonds is 5. The molecule has 4 heteroatoms. The molecule has 1 aliphatic rings. The molecule has 2 unspecified atom stereocenters. The molecule has 0 heterocycles. The number of carboxylic acid groups (broad SMARTS) is 1. The topological polar surface area (TPSA) is 66.4 Å². The SMILES string of the molecule is CC1(C(=O)NCC(C(=O)O)c2ccccc2)CCCc2ccccc21. The lowest BCUT2D eigenvalue weighted by Crippen LogP contribution is -2.46. The molecule has 0 bridgehead atoms. The molecule has 0 spiro atoms. The third kappa shape index (κ3) is 3.43. The summed E-state index contributed by atoms with van der Waals surface area (Å²) in [6.07, 6.45) is 2.72. The van der Waals surface area contributed by atoms with Crippen molar-refractivity contribution in [3.63, 3.8) is 0 Å². The number of carbonyl (C=O) groups excluding carboxylic acids is 1. The first-order valence-corrected chi connectivity index (χ1v) is 8.67. The highest BCUT2D eigenvalue weighted by Crippen LogP contribution is 2.37. The van der Waals surface area contributed by atoms with Crippen LogP contribution in [0.1, 0.15) is 42.4 Å². The second kappa shape index (κ2) is 7.09. The number of aryl methyl sites for hydroxylation is 1. The zero-order valence-corrected chi connectivity index (χ0v) is 14.4. The Kier molecular flexibility index (Phi) is 4.88. The molecule has 1 aliphatic carbocycles. The lowest BCUT2D eigenvalue weighted by Gasteiger charge is -2.35. The lowest BCUT2D eigenvalue weighted by molar-refractivity contribution is -0.138. The molecule has 0 saturated heterocycles. The van der Waals surface area contributed by atoms with Crippen LogP contribution >= 0.6 is 0 Å². The van der Waals surface area contributed by atoms with Gasteiger partial charge in [0.2, 0.25) is 5.91 Å². The number of carbonyl (C=O) groups is 2. The minimum atomic E-state index is -0.930. The molecule has 0 fully saturated rings. The minimum Gasteiger partial charge on any atom is -0.481 e. The second-order valence-corrected chi connectivity index (χ2v) is 6.85. The Balaban J connectivity index is 1.77. The summed E-state index contributed by atoms with van der Waals surface area (Å²) in [7, 11) is 0. The summed E-state index contributed by atoms with van der Waals surface area (Å²) in [6, 6.07) is 17.1. The van der Waals surface area contributed by atoms with Gasteiger partial charge in [-0.3, -0.25) is 9.59 Å². The van der Waals surface area contributed by atoms with E-state index in [1.807, 2.05) is 43.3 Å². The third-order valence-corrected chi connectivity index (χ3v) is 5.20. The molecule has 1 amide bonds. The monoisotopic (exact) mass is 337 g/mol. The van der Waals surface area contributed by atoms with Gasteiger partial charge in [0.25, 0.3) is 0 Å². The van der Waals surface area contributed by atoms with E-state index in [2.05, 4.69) is 11.4 Å². The van der Waals surface area contributed by atoms with Crippen LogP contribution in [0, 0.1) is 0 Å². The minimum absolute atomic E-state index is 0.0932. The summed E-state index contributed by atoms with van der Waals surface area (Å²) in [4.78, 5) is 24.6. The number of fused-ring (bicyclic) bond motifs is 1. The van der Waals surface area contributed by atoms with E-state index in [0.717, 1.165) is 24.8 Å². The molecule has 0 aliphatic heterocycles. The van der Waals surface area contributed by atoms with E-state index >= 15 is 0 Å². The van der Waals surface area contributed by atoms with Crippen LogP contribution in [0.5, 0.6) is 0 Å². The van der Waals surface area contributed by atoms with Crippen molar-refractivity contribution < 1.29 is 14.7 Å². The van der Waals surface area contributed by atoms with E-state index in [-0.39, 0.29) is 12.5 Å². The molecule has 2 aromatic carbocycles. The average molecular weight is 337 g/mol. The smallest absolute Gasteiger partial charge is 0.312 e. The highest BCUT2D eigenvalue weighted by Gasteiger charge is 2.39. The van der Waals surface area contributed by atoms with Crippen molar-refractivity contribution in [3.05, 3.63) is 71.3 Å². The van der Waals surface area contributed by atoms with Gasteiger partial charge < -0.3 is 10.4 Å². The van der Waals surface area contributed by atoms with E-state index in [0.29, 0.717) is 5.56 Å². The summed E-state index contributed by atoms with van der Waals surface area (Å²) >= 11 is 0. The molecule has 0 radical (unpaired) electrons. The Morgan fingerprint density at radius 1 is 1.12 bits per heavy atom. The zero-order valence-electron chi connectivity index (χ0n) is 14.4.